The molecule has 1 fully saturated rings. The van der Waals surface area contributed by atoms with Crippen LogP contribution in [-0.4, -0.2) is 36.8 Å². The molecule has 8 heteroatoms. The normalized spacial score (nSPS) is 16.4. The minimum Gasteiger partial charge on any atom is -0.272 e. The van der Waals surface area contributed by atoms with Gasteiger partial charge in [0, 0.05) is 12.1 Å². The summed E-state index contributed by atoms with van der Waals surface area (Å²) in [7, 11) is -3.85. The SMILES string of the molecule is CCCCN1C(=O)C(C)(C)C(=O)N1Cc1ccc(-c2ccccc2S(N)(=O)=O)cc1. The number of amides is 2. The van der Waals surface area contributed by atoms with E-state index in [9.17, 15) is 18.0 Å². The zero-order valence-corrected chi connectivity index (χ0v) is 18.3. The van der Waals surface area contributed by atoms with E-state index in [1.165, 1.54) is 11.1 Å². The largest absolute Gasteiger partial charge is 0.272 e. The third-order valence-electron chi connectivity index (χ3n) is 5.34. The van der Waals surface area contributed by atoms with Gasteiger partial charge in [-0.2, -0.15) is 0 Å². The lowest BCUT2D eigenvalue weighted by atomic mass is 9.93. The van der Waals surface area contributed by atoms with Crippen molar-refractivity contribution in [2.45, 2.75) is 45.1 Å². The monoisotopic (exact) mass is 429 g/mol. The Balaban J connectivity index is 1.87. The standard InChI is InChI=1S/C22H27N3O4S/c1-4-5-14-24-20(26)22(2,3)21(27)25(24)15-16-10-12-17(13-11-16)18-8-6-7-9-19(18)30(23,28)29/h6-13H,4-5,14-15H2,1-3H3,(H2,23,28,29). The van der Waals surface area contributed by atoms with Crippen molar-refractivity contribution >= 4 is 21.8 Å². The predicted molar refractivity (Wildman–Crippen MR) is 114 cm³/mol. The first-order valence-corrected chi connectivity index (χ1v) is 11.5. The fraction of sp³-hybridized carbons (Fsp3) is 0.364. The Morgan fingerprint density at radius 3 is 2.13 bits per heavy atom. The van der Waals surface area contributed by atoms with Crippen LogP contribution in [0.3, 0.4) is 0 Å². The fourth-order valence-electron chi connectivity index (χ4n) is 3.56. The number of primary sulfonamides is 1. The molecule has 0 aromatic heterocycles. The first kappa shape index (κ1) is 22.0. The highest BCUT2D eigenvalue weighted by Crippen LogP contribution is 2.33. The van der Waals surface area contributed by atoms with Gasteiger partial charge in [-0.1, -0.05) is 55.8 Å². The van der Waals surface area contributed by atoms with Crippen LogP contribution >= 0.6 is 0 Å². The van der Waals surface area contributed by atoms with Gasteiger partial charge in [-0.05, 0) is 37.5 Å². The highest BCUT2D eigenvalue weighted by atomic mass is 32.2. The van der Waals surface area contributed by atoms with Crippen LogP contribution < -0.4 is 5.14 Å². The Morgan fingerprint density at radius 2 is 1.53 bits per heavy atom. The van der Waals surface area contributed by atoms with Crippen molar-refractivity contribution in [1.29, 1.82) is 0 Å². The summed E-state index contributed by atoms with van der Waals surface area (Å²) in [5.41, 5.74) is 0.995. The zero-order valence-electron chi connectivity index (χ0n) is 17.5. The van der Waals surface area contributed by atoms with Crippen LogP contribution in [0.5, 0.6) is 0 Å². The van der Waals surface area contributed by atoms with E-state index in [1.807, 2.05) is 19.1 Å². The summed E-state index contributed by atoms with van der Waals surface area (Å²) in [5.74, 6) is -0.396. The number of hydrogen-bond acceptors (Lipinski definition) is 4. The minimum atomic E-state index is -3.85. The number of carbonyl (C=O) groups is 2. The van der Waals surface area contributed by atoms with Crippen molar-refractivity contribution in [3.63, 3.8) is 0 Å². The van der Waals surface area contributed by atoms with Crippen molar-refractivity contribution in [1.82, 2.24) is 10.0 Å². The van der Waals surface area contributed by atoms with Gasteiger partial charge in [0.05, 0.1) is 11.4 Å². The van der Waals surface area contributed by atoms with Crippen molar-refractivity contribution in [2.75, 3.05) is 6.54 Å². The highest BCUT2D eigenvalue weighted by molar-refractivity contribution is 7.89. The van der Waals surface area contributed by atoms with Gasteiger partial charge in [-0.15, -0.1) is 0 Å². The molecule has 2 N–H and O–H groups in total. The zero-order chi connectivity index (χ0) is 22.1. The number of nitrogens with zero attached hydrogens (tertiary/aromatic N) is 2. The molecule has 0 atom stereocenters. The predicted octanol–water partition coefficient (Wildman–Crippen LogP) is 2.91. The van der Waals surface area contributed by atoms with Gasteiger partial charge in [-0.25, -0.2) is 18.6 Å². The smallest absolute Gasteiger partial charge is 0.256 e. The van der Waals surface area contributed by atoms with Crippen LogP contribution in [0.2, 0.25) is 0 Å². The van der Waals surface area contributed by atoms with E-state index in [0.29, 0.717) is 17.7 Å². The van der Waals surface area contributed by atoms with Crippen molar-refractivity contribution < 1.29 is 18.0 Å². The molecule has 1 saturated heterocycles. The number of nitrogens with two attached hydrogens (primary N) is 1. The summed E-state index contributed by atoms with van der Waals surface area (Å²) in [6.45, 7) is 6.13. The van der Waals surface area contributed by atoms with Gasteiger partial charge in [-0.3, -0.25) is 14.6 Å². The molecule has 0 saturated carbocycles. The van der Waals surface area contributed by atoms with Crippen molar-refractivity contribution in [2.24, 2.45) is 10.6 Å². The van der Waals surface area contributed by atoms with Crippen LogP contribution in [0.1, 0.15) is 39.2 Å². The maximum Gasteiger partial charge on any atom is 0.256 e. The second-order valence-corrected chi connectivity index (χ2v) is 9.54. The summed E-state index contributed by atoms with van der Waals surface area (Å²) in [6, 6.07) is 13.8. The average molecular weight is 430 g/mol. The Bertz CT molecular complexity index is 1060. The van der Waals surface area contributed by atoms with E-state index >= 15 is 0 Å². The summed E-state index contributed by atoms with van der Waals surface area (Å²) in [4.78, 5) is 25.6. The molecule has 1 aliphatic heterocycles. The van der Waals surface area contributed by atoms with Gasteiger partial charge >= 0.3 is 0 Å². The summed E-state index contributed by atoms with van der Waals surface area (Å²) in [6.07, 6.45) is 1.74. The first-order valence-electron chi connectivity index (χ1n) is 9.92. The third kappa shape index (κ3) is 4.11. The van der Waals surface area contributed by atoms with Gasteiger partial charge in [0.15, 0.2) is 0 Å². The van der Waals surface area contributed by atoms with Gasteiger partial charge in [0.2, 0.25) is 10.0 Å². The van der Waals surface area contributed by atoms with Crippen LogP contribution in [0.4, 0.5) is 0 Å². The molecule has 0 unspecified atom stereocenters. The molecule has 0 spiro atoms. The molecular weight excluding hydrogens is 402 g/mol. The Labute approximate surface area is 177 Å². The molecule has 0 aliphatic carbocycles. The van der Waals surface area contributed by atoms with Crippen LogP contribution in [0.25, 0.3) is 11.1 Å². The molecule has 1 heterocycles. The second kappa shape index (κ2) is 8.20. The van der Waals surface area contributed by atoms with E-state index < -0.39 is 15.4 Å². The second-order valence-electron chi connectivity index (χ2n) is 8.01. The molecule has 0 bridgehead atoms. The van der Waals surface area contributed by atoms with Crippen molar-refractivity contribution in [3.8, 4) is 11.1 Å². The average Bonchev–Trinajstić information content (AvgIpc) is 2.86. The fourth-order valence-corrected chi connectivity index (χ4v) is 4.32. The molecule has 2 aromatic carbocycles. The lowest BCUT2D eigenvalue weighted by Gasteiger charge is -2.28. The maximum absolute atomic E-state index is 12.8. The number of unbranched alkanes of at least 4 members (excludes halogenated alkanes) is 1. The van der Waals surface area contributed by atoms with E-state index in [4.69, 9.17) is 5.14 Å². The molecule has 2 amide bonds. The minimum absolute atomic E-state index is 0.0607. The first-order chi connectivity index (χ1) is 14.1. The topological polar surface area (TPSA) is 101 Å². The number of carbonyl (C=O) groups excluding carboxylic acids is 2. The lowest BCUT2D eigenvalue weighted by molar-refractivity contribution is -0.148. The van der Waals surface area contributed by atoms with Crippen LogP contribution in [-0.2, 0) is 26.2 Å². The van der Waals surface area contributed by atoms with Gasteiger partial charge < -0.3 is 0 Å². The van der Waals surface area contributed by atoms with E-state index in [1.54, 1.807) is 49.2 Å². The quantitative estimate of drug-likeness (QED) is 0.684. The number of hydrazine groups is 1. The molecule has 1 aliphatic rings. The highest BCUT2D eigenvalue weighted by Gasteiger charge is 2.51. The molecule has 0 radical (unpaired) electrons. The molecule has 30 heavy (non-hydrogen) atoms. The molecule has 160 valence electrons. The third-order valence-corrected chi connectivity index (χ3v) is 6.31. The van der Waals surface area contributed by atoms with Crippen molar-refractivity contribution in [3.05, 3.63) is 54.1 Å². The lowest BCUT2D eigenvalue weighted by Crippen LogP contribution is -2.40. The van der Waals surface area contributed by atoms with Crippen LogP contribution in [0, 0.1) is 5.41 Å². The Kier molecular flexibility index (Phi) is 6.01. The molecule has 7 nitrogen and oxygen atoms in total. The number of benzene rings is 2. The Morgan fingerprint density at radius 1 is 0.933 bits per heavy atom. The van der Waals surface area contributed by atoms with Crippen LogP contribution in [0.15, 0.2) is 53.4 Å². The summed E-state index contributed by atoms with van der Waals surface area (Å²) in [5, 5.41) is 8.40. The Hall–Kier alpha value is -2.71. The summed E-state index contributed by atoms with van der Waals surface area (Å²) < 4.78 is 23.7. The van der Waals surface area contributed by atoms with E-state index in [0.717, 1.165) is 18.4 Å². The van der Waals surface area contributed by atoms with E-state index in [-0.39, 0.29) is 23.3 Å². The maximum atomic E-state index is 12.8. The number of rotatable bonds is 7. The van der Waals surface area contributed by atoms with Gasteiger partial charge in [0.1, 0.15) is 5.41 Å². The van der Waals surface area contributed by atoms with Gasteiger partial charge in [0.25, 0.3) is 11.8 Å². The molecule has 3 rings (SSSR count). The number of hydrogen-bond donors (Lipinski definition) is 1. The summed E-state index contributed by atoms with van der Waals surface area (Å²) >= 11 is 0. The molecular formula is C22H27N3O4S. The number of sulfonamides is 1. The molecule has 2 aromatic rings. The van der Waals surface area contributed by atoms with E-state index in [2.05, 4.69) is 0 Å².